The van der Waals surface area contributed by atoms with Gasteiger partial charge in [0.15, 0.2) is 0 Å². The van der Waals surface area contributed by atoms with Gasteiger partial charge in [-0.25, -0.2) is 0 Å². The minimum absolute atomic E-state index is 0.0589. The number of hydrogen-bond donors (Lipinski definition) is 2. The normalized spacial score (nSPS) is 13.8. The van der Waals surface area contributed by atoms with E-state index in [9.17, 15) is 19.5 Å². The molecule has 2 N–H and O–H groups in total. The molecule has 0 radical (unpaired) electrons. The van der Waals surface area contributed by atoms with Gasteiger partial charge in [-0.3, -0.25) is 14.4 Å². The average Bonchev–Trinajstić information content (AvgIpc) is 2.85. The van der Waals surface area contributed by atoms with Gasteiger partial charge in [-0.2, -0.15) is 0 Å². The van der Waals surface area contributed by atoms with Crippen molar-refractivity contribution in [2.24, 2.45) is 5.41 Å². The highest BCUT2D eigenvalue weighted by Crippen LogP contribution is 2.26. The van der Waals surface area contributed by atoms with Crippen molar-refractivity contribution in [3.63, 3.8) is 0 Å². The summed E-state index contributed by atoms with van der Waals surface area (Å²) in [6.07, 6.45) is 0.875. The Morgan fingerprint density at radius 3 is 2.48 bits per heavy atom. The molecule has 6 nitrogen and oxygen atoms in total. The fourth-order valence-electron chi connectivity index (χ4n) is 2.82. The molecule has 1 aliphatic heterocycles. The van der Waals surface area contributed by atoms with Crippen molar-refractivity contribution in [1.29, 1.82) is 0 Å². The Morgan fingerprint density at radius 1 is 1.26 bits per heavy atom. The number of carbonyl (C=O) groups is 3. The molecule has 1 heterocycles. The number of nitrogens with one attached hydrogen (secondary N) is 1. The van der Waals surface area contributed by atoms with Crippen LogP contribution in [0.3, 0.4) is 0 Å². The minimum atomic E-state index is -0.951. The minimum Gasteiger partial charge on any atom is -0.481 e. The SMILES string of the molecule is CCC(CC)(CNC(=O)CN1Cc2ccccc2C1=O)C(=O)O. The van der Waals surface area contributed by atoms with Crippen LogP contribution in [0.25, 0.3) is 0 Å². The van der Waals surface area contributed by atoms with Gasteiger partial charge in [0.25, 0.3) is 5.91 Å². The van der Waals surface area contributed by atoms with Crippen molar-refractivity contribution in [1.82, 2.24) is 10.2 Å². The molecule has 0 aromatic heterocycles. The summed E-state index contributed by atoms with van der Waals surface area (Å²) in [4.78, 5) is 37.2. The third kappa shape index (κ3) is 3.36. The second-order valence-corrected chi connectivity index (χ2v) is 5.89. The molecule has 1 aromatic carbocycles. The Labute approximate surface area is 135 Å². The summed E-state index contributed by atoms with van der Waals surface area (Å²) in [5.41, 5.74) is 0.586. The van der Waals surface area contributed by atoms with Crippen molar-refractivity contribution in [2.75, 3.05) is 13.1 Å². The number of hydrogen-bond acceptors (Lipinski definition) is 3. The Balaban J connectivity index is 1.94. The van der Waals surface area contributed by atoms with E-state index in [0.29, 0.717) is 24.9 Å². The number of fused-ring (bicyclic) bond motifs is 1. The monoisotopic (exact) mass is 318 g/mol. The molecule has 2 rings (SSSR count). The summed E-state index contributed by atoms with van der Waals surface area (Å²) in [5.74, 6) is -1.41. The van der Waals surface area contributed by atoms with E-state index in [1.807, 2.05) is 12.1 Å². The fraction of sp³-hybridized carbons (Fsp3) is 0.471. The Bertz CT molecular complexity index is 623. The van der Waals surface area contributed by atoms with Crippen molar-refractivity contribution in [3.8, 4) is 0 Å². The van der Waals surface area contributed by atoms with Gasteiger partial charge in [0.05, 0.1) is 5.41 Å². The number of rotatable bonds is 7. The molecular formula is C17H22N2O4. The molecule has 0 unspecified atom stereocenters. The number of nitrogens with zero attached hydrogens (tertiary/aromatic N) is 1. The van der Waals surface area contributed by atoms with Gasteiger partial charge in [0.2, 0.25) is 5.91 Å². The van der Waals surface area contributed by atoms with Gasteiger partial charge in [-0.15, -0.1) is 0 Å². The molecule has 2 amide bonds. The van der Waals surface area contributed by atoms with E-state index in [2.05, 4.69) is 5.32 Å². The van der Waals surface area contributed by atoms with Crippen LogP contribution in [0.15, 0.2) is 24.3 Å². The molecule has 6 heteroatoms. The summed E-state index contributed by atoms with van der Waals surface area (Å²) in [6.45, 7) is 4.02. The first kappa shape index (κ1) is 17.0. The number of carboxylic acids is 1. The molecule has 1 aliphatic rings. The molecule has 0 saturated carbocycles. The van der Waals surface area contributed by atoms with Gasteiger partial charge < -0.3 is 15.3 Å². The van der Waals surface area contributed by atoms with E-state index in [0.717, 1.165) is 5.56 Å². The molecule has 23 heavy (non-hydrogen) atoms. The number of carboxylic acid groups (broad SMARTS) is 1. The molecular weight excluding hydrogens is 296 g/mol. The lowest BCUT2D eigenvalue weighted by atomic mass is 9.82. The number of carbonyl (C=O) groups excluding carboxylic acids is 2. The van der Waals surface area contributed by atoms with Crippen LogP contribution < -0.4 is 5.32 Å². The second kappa shape index (κ2) is 6.81. The standard InChI is InChI=1S/C17H22N2O4/c1-3-17(4-2,16(22)23)11-18-14(20)10-19-9-12-7-5-6-8-13(12)15(19)21/h5-8H,3-4,9-11H2,1-2H3,(H,18,20)(H,22,23). The lowest BCUT2D eigenvalue weighted by Gasteiger charge is -2.27. The van der Waals surface area contributed by atoms with Gasteiger partial charge in [0.1, 0.15) is 6.54 Å². The highest BCUT2D eigenvalue weighted by atomic mass is 16.4. The van der Waals surface area contributed by atoms with Crippen LogP contribution in [0.4, 0.5) is 0 Å². The van der Waals surface area contributed by atoms with E-state index in [1.54, 1.807) is 26.0 Å². The summed E-state index contributed by atoms with van der Waals surface area (Å²) in [7, 11) is 0. The maximum absolute atomic E-state index is 12.2. The average molecular weight is 318 g/mol. The fourth-order valence-corrected chi connectivity index (χ4v) is 2.82. The quantitative estimate of drug-likeness (QED) is 0.800. The predicted molar refractivity (Wildman–Crippen MR) is 84.8 cm³/mol. The molecule has 0 aliphatic carbocycles. The maximum Gasteiger partial charge on any atom is 0.311 e. The Kier molecular flexibility index (Phi) is 5.03. The Morgan fingerprint density at radius 2 is 1.91 bits per heavy atom. The van der Waals surface area contributed by atoms with E-state index in [-0.39, 0.29) is 24.9 Å². The van der Waals surface area contributed by atoms with Crippen LogP contribution in [-0.2, 0) is 16.1 Å². The molecule has 0 saturated heterocycles. The first-order chi connectivity index (χ1) is 10.9. The highest BCUT2D eigenvalue weighted by Gasteiger charge is 2.35. The lowest BCUT2D eigenvalue weighted by molar-refractivity contribution is -0.149. The largest absolute Gasteiger partial charge is 0.481 e. The number of aliphatic carboxylic acids is 1. The van der Waals surface area contributed by atoms with E-state index in [1.165, 1.54) is 4.90 Å². The third-order valence-electron chi connectivity index (χ3n) is 4.66. The highest BCUT2D eigenvalue weighted by molar-refractivity contribution is 6.00. The van der Waals surface area contributed by atoms with Crippen LogP contribution in [0.5, 0.6) is 0 Å². The molecule has 1 aromatic rings. The van der Waals surface area contributed by atoms with Crippen LogP contribution in [-0.4, -0.2) is 40.9 Å². The smallest absolute Gasteiger partial charge is 0.311 e. The molecule has 0 fully saturated rings. The van der Waals surface area contributed by atoms with Gasteiger partial charge in [-0.1, -0.05) is 32.0 Å². The topological polar surface area (TPSA) is 86.7 Å². The summed E-state index contributed by atoms with van der Waals surface area (Å²) in [6, 6.07) is 7.28. The third-order valence-corrected chi connectivity index (χ3v) is 4.66. The van der Waals surface area contributed by atoms with Crippen LogP contribution in [0.1, 0.15) is 42.6 Å². The Hall–Kier alpha value is -2.37. The van der Waals surface area contributed by atoms with Crippen LogP contribution in [0, 0.1) is 5.41 Å². The zero-order valence-corrected chi connectivity index (χ0v) is 13.5. The lowest BCUT2D eigenvalue weighted by Crippen LogP contribution is -2.45. The molecule has 124 valence electrons. The van der Waals surface area contributed by atoms with Crippen molar-refractivity contribution in [2.45, 2.75) is 33.2 Å². The van der Waals surface area contributed by atoms with Crippen molar-refractivity contribution in [3.05, 3.63) is 35.4 Å². The van der Waals surface area contributed by atoms with Gasteiger partial charge in [-0.05, 0) is 24.5 Å². The van der Waals surface area contributed by atoms with E-state index in [4.69, 9.17) is 0 Å². The summed E-state index contributed by atoms with van der Waals surface area (Å²) in [5, 5.41) is 12.0. The van der Waals surface area contributed by atoms with Crippen LogP contribution in [0.2, 0.25) is 0 Å². The first-order valence-corrected chi connectivity index (χ1v) is 7.80. The first-order valence-electron chi connectivity index (χ1n) is 7.80. The number of benzene rings is 1. The summed E-state index contributed by atoms with van der Waals surface area (Å²) >= 11 is 0. The van der Waals surface area contributed by atoms with E-state index >= 15 is 0 Å². The molecule has 0 atom stereocenters. The predicted octanol–water partition coefficient (Wildman–Crippen LogP) is 1.65. The molecule has 0 bridgehead atoms. The van der Waals surface area contributed by atoms with Gasteiger partial charge in [0, 0.05) is 18.7 Å². The molecule has 0 spiro atoms. The van der Waals surface area contributed by atoms with Crippen molar-refractivity contribution < 1.29 is 19.5 Å². The zero-order chi connectivity index (χ0) is 17.0. The van der Waals surface area contributed by atoms with Crippen LogP contribution >= 0.6 is 0 Å². The number of amides is 2. The van der Waals surface area contributed by atoms with Crippen molar-refractivity contribution >= 4 is 17.8 Å². The van der Waals surface area contributed by atoms with E-state index < -0.39 is 11.4 Å². The summed E-state index contributed by atoms with van der Waals surface area (Å²) < 4.78 is 0. The zero-order valence-electron chi connectivity index (χ0n) is 13.5. The maximum atomic E-state index is 12.2. The second-order valence-electron chi connectivity index (χ2n) is 5.89. The van der Waals surface area contributed by atoms with Gasteiger partial charge >= 0.3 is 5.97 Å².